The molecule has 1 spiro atoms. The van der Waals surface area contributed by atoms with E-state index in [-0.39, 0.29) is 11.5 Å². The fourth-order valence-electron chi connectivity index (χ4n) is 5.25. The highest BCUT2D eigenvalue weighted by Crippen LogP contribution is 2.45. The molecule has 10 heteroatoms. The molecule has 0 atom stereocenters. The SMILES string of the molecule is O=C(Cn1cnc2c(oc3ccccc32)c1=O)OCC(=O)N1c2ccccc2NC(=O)C12CCCC2. The van der Waals surface area contributed by atoms with E-state index in [0.29, 0.717) is 40.7 Å². The lowest BCUT2D eigenvalue weighted by Gasteiger charge is -2.44. The van der Waals surface area contributed by atoms with E-state index in [4.69, 9.17) is 9.15 Å². The maximum Gasteiger partial charge on any atom is 0.326 e. The molecule has 0 saturated heterocycles. The zero-order valence-electron chi connectivity index (χ0n) is 19.2. The number of aromatic nitrogens is 2. The molecule has 1 fully saturated rings. The van der Waals surface area contributed by atoms with Crippen molar-refractivity contribution in [3.05, 3.63) is 65.2 Å². The first-order chi connectivity index (χ1) is 17.5. The van der Waals surface area contributed by atoms with Crippen molar-refractivity contribution < 1.29 is 23.5 Å². The predicted molar refractivity (Wildman–Crippen MR) is 130 cm³/mol. The minimum atomic E-state index is -0.995. The van der Waals surface area contributed by atoms with E-state index in [9.17, 15) is 19.2 Å². The lowest BCUT2D eigenvalue weighted by atomic mass is 9.90. The molecule has 1 N–H and O–H groups in total. The zero-order valence-corrected chi connectivity index (χ0v) is 19.2. The van der Waals surface area contributed by atoms with Crippen LogP contribution in [0.15, 0.2) is 64.1 Å². The van der Waals surface area contributed by atoms with Gasteiger partial charge in [0.2, 0.25) is 5.58 Å². The average Bonchev–Trinajstić information content (AvgIpc) is 3.51. The Labute approximate surface area is 204 Å². The summed E-state index contributed by atoms with van der Waals surface area (Å²) >= 11 is 0. The number of para-hydroxylation sites is 3. The van der Waals surface area contributed by atoms with Crippen LogP contribution in [0.2, 0.25) is 0 Å². The summed E-state index contributed by atoms with van der Waals surface area (Å²) in [7, 11) is 0. The Hall–Kier alpha value is -4.47. The van der Waals surface area contributed by atoms with Gasteiger partial charge in [-0.15, -0.1) is 0 Å². The van der Waals surface area contributed by atoms with Crippen LogP contribution in [0.1, 0.15) is 25.7 Å². The first kappa shape index (κ1) is 22.0. The van der Waals surface area contributed by atoms with Gasteiger partial charge < -0.3 is 14.5 Å². The van der Waals surface area contributed by atoms with Crippen molar-refractivity contribution in [1.82, 2.24) is 9.55 Å². The van der Waals surface area contributed by atoms with Gasteiger partial charge in [-0.2, -0.15) is 0 Å². The Morgan fingerprint density at radius 1 is 1.06 bits per heavy atom. The maximum atomic E-state index is 13.3. The Bertz CT molecular complexity index is 1600. The summed E-state index contributed by atoms with van der Waals surface area (Å²) < 4.78 is 12.0. The van der Waals surface area contributed by atoms with Crippen LogP contribution in [-0.4, -0.2) is 39.5 Å². The van der Waals surface area contributed by atoms with Crippen LogP contribution in [0.25, 0.3) is 22.1 Å². The van der Waals surface area contributed by atoms with Crippen LogP contribution in [0, 0.1) is 0 Å². The van der Waals surface area contributed by atoms with E-state index < -0.39 is 36.1 Å². The lowest BCUT2D eigenvalue weighted by molar-refractivity contribution is -0.149. The van der Waals surface area contributed by atoms with Gasteiger partial charge in [-0.1, -0.05) is 37.1 Å². The molecular formula is C26H22N4O6. The number of rotatable bonds is 4. The van der Waals surface area contributed by atoms with Crippen LogP contribution in [0.5, 0.6) is 0 Å². The molecule has 6 rings (SSSR count). The number of benzene rings is 2. The van der Waals surface area contributed by atoms with Crippen LogP contribution in [-0.2, 0) is 25.7 Å². The second-order valence-electron chi connectivity index (χ2n) is 9.05. The molecule has 2 amide bonds. The van der Waals surface area contributed by atoms with Crippen molar-refractivity contribution in [2.75, 3.05) is 16.8 Å². The summed E-state index contributed by atoms with van der Waals surface area (Å²) in [4.78, 5) is 57.6. The second kappa shape index (κ2) is 8.33. The Morgan fingerprint density at radius 2 is 1.81 bits per heavy atom. The number of carbonyl (C=O) groups is 3. The topological polar surface area (TPSA) is 124 Å². The molecule has 1 saturated carbocycles. The number of hydrogen-bond acceptors (Lipinski definition) is 7. The number of esters is 1. The van der Waals surface area contributed by atoms with E-state index in [1.54, 1.807) is 42.5 Å². The standard InChI is InChI=1S/C26H22N4O6/c31-20(30-18-9-3-2-8-17(18)28-25(34)26(30)11-5-6-12-26)14-35-21(32)13-29-15-27-22-16-7-1-4-10-19(16)36-23(22)24(29)33/h1-4,7-10,15H,5-6,11-14H2,(H,28,34). The van der Waals surface area contributed by atoms with Crippen molar-refractivity contribution >= 4 is 51.2 Å². The van der Waals surface area contributed by atoms with Gasteiger partial charge in [-0.25, -0.2) is 4.98 Å². The number of amides is 2. The van der Waals surface area contributed by atoms with Crippen LogP contribution < -0.4 is 15.8 Å². The molecule has 3 heterocycles. The smallest absolute Gasteiger partial charge is 0.326 e. The summed E-state index contributed by atoms with van der Waals surface area (Å²) in [6, 6.07) is 14.2. The number of fused-ring (bicyclic) bond motifs is 4. The number of nitrogens with zero attached hydrogens (tertiary/aromatic N) is 3. The predicted octanol–water partition coefficient (Wildman–Crippen LogP) is 2.98. The molecule has 2 aromatic carbocycles. The summed E-state index contributed by atoms with van der Waals surface area (Å²) in [6.07, 6.45) is 3.96. The minimum absolute atomic E-state index is 0.0432. The quantitative estimate of drug-likeness (QED) is 0.440. The zero-order chi connectivity index (χ0) is 24.9. The fourth-order valence-corrected chi connectivity index (χ4v) is 5.25. The van der Waals surface area contributed by atoms with Gasteiger partial charge in [0.05, 0.1) is 17.7 Å². The molecule has 1 aliphatic heterocycles. The summed E-state index contributed by atoms with van der Waals surface area (Å²) in [5.74, 6) is -1.50. The number of furan rings is 1. The van der Waals surface area contributed by atoms with Crippen LogP contribution in [0.4, 0.5) is 11.4 Å². The summed E-state index contributed by atoms with van der Waals surface area (Å²) in [5, 5.41) is 3.62. The number of anilines is 2. The monoisotopic (exact) mass is 486 g/mol. The van der Waals surface area contributed by atoms with Gasteiger partial charge in [0.1, 0.15) is 23.2 Å². The molecular weight excluding hydrogens is 464 g/mol. The summed E-state index contributed by atoms with van der Waals surface area (Å²) in [5.41, 5.74) is 0.583. The van der Waals surface area contributed by atoms with Gasteiger partial charge in [0.15, 0.2) is 6.61 Å². The van der Waals surface area contributed by atoms with Gasteiger partial charge in [-0.05, 0) is 37.1 Å². The van der Waals surface area contributed by atoms with Crippen LogP contribution >= 0.6 is 0 Å². The van der Waals surface area contributed by atoms with Gasteiger partial charge >= 0.3 is 5.97 Å². The number of hydrogen-bond donors (Lipinski definition) is 1. The van der Waals surface area contributed by atoms with E-state index in [0.717, 1.165) is 17.4 Å². The van der Waals surface area contributed by atoms with Gasteiger partial charge in [0, 0.05) is 5.39 Å². The van der Waals surface area contributed by atoms with Crippen molar-refractivity contribution in [3.8, 4) is 0 Å². The second-order valence-corrected chi connectivity index (χ2v) is 9.05. The Kier molecular flexibility index (Phi) is 5.10. The van der Waals surface area contributed by atoms with Crippen LogP contribution in [0.3, 0.4) is 0 Å². The largest absolute Gasteiger partial charge is 0.454 e. The van der Waals surface area contributed by atoms with E-state index in [1.807, 2.05) is 6.07 Å². The first-order valence-corrected chi connectivity index (χ1v) is 11.7. The molecule has 1 aliphatic carbocycles. The van der Waals surface area contributed by atoms with Crippen molar-refractivity contribution in [2.45, 2.75) is 37.8 Å². The summed E-state index contributed by atoms with van der Waals surface area (Å²) in [6.45, 7) is -0.994. The highest BCUT2D eigenvalue weighted by Gasteiger charge is 2.52. The molecule has 2 aliphatic rings. The highest BCUT2D eigenvalue weighted by molar-refractivity contribution is 6.15. The third-order valence-electron chi connectivity index (χ3n) is 6.93. The van der Waals surface area contributed by atoms with Gasteiger partial charge in [0.25, 0.3) is 17.4 Å². The molecule has 10 nitrogen and oxygen atoms in total. The van der Waals surface area contributed by atoms with Crippen molar-refractivity contribution in [2.24, 2.45) is 0 Å². The van der Waals surface area contributed by atoms with E-state index in [1.165, 1.54) is 11.2 Å². The van der Waals surface area contributed by atoms with E-state index >= 15 is 0 Å². The maximum absolute atomic E-state index is 13.3. The molecule has 0 unspecified atom stereocenters. The first-order valence-electron chi connectivity index (χ1n) is 11.7. The average molecular weight is 486 g/mol. The molecule has 36 heavy (non-hydrogen) atoms. The Morgan fingerprint density at radius 3 is 2.64 bits per heavy atom. The molecule has 0 bridgehead atoms. The number of nitrogens with one attached hydrogen (secondary N) is 1. The van der Waals surface area contributed by atoms with Gasteiger partial charge in [-0.3, -0.25) is 28.6 Å². The molecule has 4 aromatic rings. The Balaban J connectivity index is 1.21. The lowest BCUT2D eigenvalue weighted by Crippen LogP contribution is -2.61. The third kappa shape index (κ3) is 3.36. The molecule has 0 radical (unpaired) electrons. The highest BCUT2D eigenvalue weighted by atomic mass is 16.5. The third-order valence-corrected chi connectivity index (χ3v) is 6.93. The van der Waals surface area contributed by atoms with E-state index in [2.05, 4.69) is 10.3 Å². The molecule has 182 valence electrons. The number of carbonyl (C=O) groups excluding carboxylic acids is 3. The van der Waals surface area contributed by atoms with Crippen molar-refractivity contribution in [1.29, 1.82) is 0 Å². The molecule has 2 aromatic heterocycles. The van der Waals surface area contributed by atoms with Crippen molar-refractivity contribution in [3.63, 3.8) is 0 Å². The fraction of sp³-hybridized carbons (Fsp3) is 0.269. The number of ether oxygens (including phenoxy) is 1. The normalized spacial score (nSPS) is 16.3. The minimum Gasteiger partial charge on any atom is -0.454 e.